The molecule has 0 aliphatic carbocycles. The predicted molar refractivity (Wildman–Crippen MR) is 120 cm³/mol. The van der Waals surface area contributed by atoms with E-state index < -0.39 is 21.7 Å². The fourth-order valence-corrected chi connectivity index (χ4v) is 4.45. The molecule has 164 valence electrons. The van der Waals surface area contributed by atoms with Gasteiger partial charge in [-0.3, -0.25) is 18.7 Å². The van der Waals surface area contributed by atoms with Crippen molar-refractivity contribution >= 4 is 38.3 Å². The lowest BCUT2D eigenvalue weighted by Gasteiger charge is -2.13. The molecular formula is C22H19FN4O4S. The predicted octanol–water partition coefficient (Wildman–Crippen LogP) is 3.07. The number of sulfonamides is 1. The normalized spacial score (nSPS) is 11.5. The molecule has 2 N–H and O–H groups in total. The van der Waals surface area contributed by atoms with Crippen molar-refractivity contribution in [2.75, 3.05) is 10.0 Å². The lowest BCUT2D eigenvalue weighted by atomic mass is 10.1. The monoisotopic (exact) mass is 454 g/mol. The van der Waals surface area contributed by atoms with E-state index in [2.05, 4.69) is 10.0 Å². The Morgan fingerprint density at radius 3 is 2.28 bits per heavy atom. The third kappa shape index (κ3) is 3.87. The molecule has 0 spiro atoms. The summed E-state index contributed by atoms with van der Waals surface area (Å²) in [7, 11) is -0.739. The van der Waals surface area contributed by atoms with Crippen LogP contribution >= 0.6 is 0 Å². The highest BCUT2D eigenvalue weighted by atomic mass is 32.2. The van der Waals surface area contributed by atoms with E-state index in [1.54, 1.807) is 44.4 Å². The Kier molecular flexibility index (Phi) is 5.31. The van der Waals surface area contributed by atoms with Crippen LogP contribution in [0.1, 0.15) is 10.4 Å². The molecule has 0 atom stereocenters. The second-order valence-corrected chi connectivity index (χ2v) is 8.85. The number of aryl methyl sites for hydroxylation is 2. The molecular weight excluding hydrogens is 435 g/mol. The molecule has 0 saturated carbocycles. The van der Waals surface area contributed by atoms with E-state index >= 15 is 0 Å². The minimum Gasteiger partial charge on any atom is -0.322 e. The van der Waals surface area contributed by atoms with Crippen LogP contribution in [0.2, 0.25) is 0 Å². The lowest BCUT2D eigenvalue weighted by molar-refractivity contribution is 0.102. The van der Waals surface area contributed by atoms with Crippen LogP contribution in [0.15, 0.2) is 76.4 Å². The molecule has 0 saturated heterocycles. The molecule has 32 heavy (non-hydrogen) atoms. The molecule has 4 rings (SSSR count). The Bertz CT molecular complexity index is 1510. The topological polar surface area (TPSA) is 102 Å². The van der Waals surface area contributed by atoms with Crippen molar-refractivity contribution in [1.29, 1.82) is 0 Å². The zero-order chi connectivity index (χ0) is 23.0. The Morgan fingerprint density at radius 1 is 0.906 bits per heavy atom. The van der Waals surface area contributed by atoms with E-state index in [-0.39, 0.29) is 21.8 Å². The third-order valence-electron chi connectivity index (χ3n) is 5.07. The Morgan fingerprint density at radius 2 is 1.56 bits per heavy atom. The molecule has 0 bridgehead atoms. The summed E-state index contributed by atoms with van der Waals surface area (Å²) in [5, 5.41) is 2.73. The highest BCUT2D eigenvalue weighted by Crippen LogP contribution is 2.23. The van der Waals surface area contributed by atoms with Gasteiger partial charge in [-0.2, -0.15) is 0 Å². The van der Waals surface area contributed by atoms with Crippen molar-refractivity contribution in [3.05, 3.63) is 88.6 Å². The van der Waals surface area contributed by atoms with Crippen LogP contribution < -0.4 is 15.7 Å². The molecule has 1 amide bonds. The van der Waals surface area contributed by atoms with Gasteiger partial charge >= 0.3 is 5.69 Å². The number of halogens is 1. The smallest absolute Gasteiger partial charge is 0.322 e. The Labute approximate surface area is 183 Å². The standard InChI is InChI=1S/C22H19FN4O4S/c1-26-19-12-9-15(13-20(19)27(2)22(26)29)24-21(28)17-5-3-4-6-18(17)25-32(30,31)16-10-7-14(23)8-11-16/h3-13,25H,1-2H3,(H,24,28). The van der Waals surface area contributed by atoms with Gasteiger partial charge in [0.2, 0.25) is 0 Å². The van der Waals surface area contributed by atoms with Crippen LogP contribution in [0, 0.1) is 5.82 Å². The Hall–Kier alpha value is -3.92. The van der Waals surface area contributed by atoms with Gasteiger partial charge < -0.3 is 5.32 Å². The molecule has 0 aliphatic rings. The molecule has 1 aromatic heterocycles. The summed E-state index contributed by atoms with van der Waals surface area (Å²) < 4.78 is 43.8. The molecule has 1 heterocycles. The highest BCUT2D eigenvalue weighted by molar-refractivity contribution is 7.92. The first-order chi connectivity index (χ1) is 15.2. The second-order valence-electron chi connectivity index (χ2n) is 7.16. The molecule has 4 aromatic rings. The fourth-order valence-electron chi connectivity index (χ4n) is 3.37. The van der Waals surface area contributed by atoms with Gasteiger partial charge in [-0.15, -0.1) is 0 Å². The average molecular weight is 454 g/mol. The maximum Gasteiger partial charge on any atom is 0.328 e. The first kappa shape index (κ1) is 21.3. The summed E-state index contributed by atoms with van der Waals surface area (Å²) in [6.45, 7) is 0. The number of nitrogens with zero attached hydrogens (tertiary/aromatic N) is 2. The minimum atomic E-state index is -4.03. The average Bonchev–Trinajstić information content (AvgIpc) is 2.98. The van der Waals surface area contributed by atoms with Gasteiger partial charge in [0.05, 0.1) is 27.2 Å². The van der Waals surface area contributed by atoms with E-state index in [1.807, 2.05) is 0 Å². The van der Waals surface area contributed by atoms with E-state index in [9.17, 15) is 22.4 Å². The molecule has 0 radical (unpaired) electrons. The van der Waals surface area contributed by atoms with Gasteiger partial charge in [-0.25, -0.2) is 17.6 Å². The van der Waals surface area contributed by atoms with Crippen LogP contribution in [0.5, 0.6) is 0 Å². The van der Waals surface area contributed by atoms with Crippen LogP contribution in [0.4, 0.5) is 15.8 Å². The lowest BCUT2D eigenvalue weighted by Crippen LogP contribution is -2.19. The van der Waals surface area contributed by atoms with Gasteiger partial charge in [-0.1, -0.05) is 12.1 Å². The quantitative estimate of drug-likeness (QED) is 0.484. The maximum atomic E-state index is 13.1. The number of benzene rings is 3. The fraction of sp³-hybridized carbons (Fsp3) is 0.0909. The van der Waals surface area contributed by atoms with Gasteiger partial charge in [0.1, 0.15) is 5.82 Å². The minimum absolute atomic E-state index is 0.0718. The molecule has 10 heteroatoms. The van der Waals surface area contributed by atoms with E-state index in [1.165, 1.54) is 21.3 Å². The number of rotatable bonds is 5. The van der Waals surface area contributed by atoms with Gasteiger partial charge in [0.25, 0.3) is 15.9 Å². The molecule has 3 aromatic carbocycles. The van der Waals surface area contributed by atoms with E-state index in [4.69, 9.17) is 0 Å². The van der Waals surface area contributed by atoms with Crippen molar-refractivity contribution < 1.29 is 17.6 Å². The summed E-state index contributed by atoms with van der Waals surface area (Å²) in [6.07, 6.45) is 0. The maximum absolute atomic E-state index is 13.1. The van der Waals surface area contributed by atoms with Gasteiger partial charge in [0.15, 0.2) is 0 Å². The summed E-state index contributed by atoms with van der Waals surface area (Å²) in [5.41, 5.74) is 1.77. The summed E-state index contributed by atoms with van der Waals surface area (Å²) >= 11 is 0. The van der Waals surface area contributed by atoms with Crippen molar-refractivity contribution in [2.45, 2.75) is 4.90 Å². The van der Waals surface area contributed by atoms with Crippen LogP contribution in [0.25, 0.3) is 11.0 Å². The van der Waals surface area contributed by atoms with E-state index in [0.717, 1.165) is 24.3 Å². The van der Waals surface area contributed by atoms with Gasteiger partial charge in [0, 0.05) is 19.8 Å². The van der Waals surface area contributed by atoms with Crippen LogP contribution in [0.3, 0.4) is 0 Å². The van der Waals surface area contributed by atoms with Gasteiger partial charge in [-0.05, 0) is 54.6 Å². The number of hydrogen-bond acceptors (Lipinski definition) is 4. The first-order valence-electron chi connectivity index (χ1n) is 9.51. The van der Waals surface area contributed by atoms with Crippen LogP contribution in [-0.2, 0) is 24.1 Å². The third-order valence-corrected chi connectivity index (χ3v) is 6.45. The number of aromatic nitrogens is 2. The largest absolute Gasteiger partial charge is 0.328 e. The second kappa shape index (κ2) is 7.97. The zero-order valence-electron chi connectivity index (χ0n) is 17.2. The number of anilines is 2. The van der Waals surface area contributed by atoms with Crippen molar-refractivity contribution in [1.82, 2.24) is 9.13 Å². The summed E-state index contributed by atoms with van der Waals surface area (Å²) in [6, 6.07) is 15.5. The molecule has 8 nitrogen and oxygen atoms in total. The summed E-state index contributed by atoms with van der Waals surface area (Å²) in [4.78, 5) is 24.9. The van der Waals surface area contributed by atoms with Crippen molar-refractivity contribution in [2.24, 2.45) is 14.1 Å². The van der Waals surface area contributed by atoms with Crippen molar-refractivity contribution in [3.63, 3.8) is 0 Å². The molecule has 0 fully saturated rings. The molecule has 0 aliphatic heterocycles. The van der Waals surface area contributed by atoms with Crippen LogP contribution in [-0.4, -0.2) is 23.5 Å². The number of para-hydroxylation sites is 1. The number of carbonyl (C=O) groups is 1. The number of imidazole rings is 1. The Balaban J connectivity index is 1.63. The van der Waals surface area contributed by atoms with E-state index in [0.29, 0.717) is 16.7 Å². The summed E-state index contributed by atoms with van der Waals surface area (Å²) in [5.74, 6) is -1.10. The number of hydrogen-bond donors (Lipinski definition) is 2. The van der Waals surface area contributed by atoms with Crippen molar-refractivity contribution in [3.8, 4) is 0 Å². The number of amides is 1. The number of fused-ring (bicyclic) bond motifs is 1. The first-order valence-corrected chi connectivity index (χ1v) is 11.0. The molecule has 0 unspecified atom stereocenters. The SMILES string of the molecule is Cn1c(=O)n(C)c2cc(NC(=O)c3ccccc3NS(=O)(=O)c3ccc(F)cc3)ccc21. The highest BCUT2D eigenvalue weighted by Gasteiger charge is 2.19. The zero-order valence-corrected chi connectivity index (χ0v) is 18.0. The number of nitrogens with one attached hydrogen (secondary N) is 2. The number of carbonyl (C=O) groups excluding carboxylic acids is 1.